The number of cyclic esters (lactones) is 1. The van der Waals surface area contributed by atoms with Crippen LogP contribution in [0, 0.1) is 17.8 Å². The number of rotatable bonds is 9. The summed E-state index contributed by atoms with van der Waals surface area (Å²) in [6.45, 7) is 18.0. The lowest BCUT2D eigenvalue weighted by Gasteiger charge is -2.53. The molecule has 16 heteroatoms. The number of aliphatic hydroxyl groups excluding tert-OH is 2. The van der Waals surface area contributed by atoms with Crippen LogP contribution in [0.2, 0.25) is 0 Å². The van der Waals surface area contributed by atoms with Crippen LogP contribution in [0.25, 0.3) is 0 Å². The molecule has 3 aliphatic rings. The van der Waals surface area contributed by atoms with E-state index in [4.69, 9.17) is 28.4 Å². The molecule has 0 unspecified atom stereocenters. The maximum Gasteiger partial charge on any atom is 0.311 e. The van der Waals surface area contributed by atoms with Gasteiger partial charge in [0.15, 0.2) is 12.6 Å². The van der Waals surface area contributed by atoms with E-state index < -0.39 is 95.5 Å². The SMILES string of the molecule is CC[C@H]1OC(=O)[C@H](C)[C@@H](O[C@H]2C[C@@](C)(OC)[C@@](O)(Cn3ccnc3)[C@H](C)O2)[C@H](C)[C@@H](O[C@@H]2O[C@H](C)C[C@H](N(C)C)[C@H]2O)[C@](C)(O)C[C@@H](C)CN[C@H](C)[C@@H](O)[C@]1(C)O. The van der Waals surface area contributed by atoms with Crippen LogP contribution in [0.5, 0.6) is 0 Å². The number of hydrogen-bond donors (Lipinski definition) is 6. The second-order valence-corrected chi connectivity index (χ2v) is 18.3. The zero-order chi connectivity index (χ0) is 42.8. The molecule has 330 valence electrons. The second-order valence-electron chi connectivity index (χ2n) is 18.3. The zero-order valence-corrected chi connectivity index (χ0v) is 36.5. The van der Waals surface area contributed by atoms with Crippen LogP contribution in [0.3, 0.4) is 0 Å². The summed E-state index contributed by atoms with van der Waals surface area (Å²) in [5.74, 6) is -2.72. The molecule has 3 saturated heterocycles. The van der Waals surface area contributed by atoms with Crippen molar-refractivity contribution in [3.8, 4) is 0 Å². The van der Waals surface area contributed by atoms with Crippen molar-refractivity contribution in [1.82, 2.24) is 19.8 Å². The summed E-state index contributed by atoms with van der Waals surface area (Å²) in [5, 5.41) is 62.7. The normalized spacial score (nSPS) is 47.2. The van der Waals surface area contributed by atoms with Gasteiger partial charge in [0.1, 0.15) is 35.1 Å². The third kappa shape index (κ3) is 10.4. The van der Waals surface area contributed by atoms with Gasteiger partial charge in [-0.05, 0) is 94.3 Å². The molecule has 0 aromatic carbocycles. The van der Waals surface area contributed by atoms with Crippen LogP contribution in [0.4, 0.5) is 0 Å². The van der Waals surface area contributed by atoms with Gasteiger partial charge in [-0.1, -0.05) is 20.8 Å². The fraction of sp³-hybridized carbons (Fsp3) is 0.902. The molecule has 6 N–H and O–H groups in total. The number of aromatic nitrogens is 2. The summed E-state index contributed by atoms with van der Waals surface area (Å²) in [5.41, 5.74) is -6.14. The molecule has 4 heterocycles. The molecule has 4 rings (SSSR count). The Kier molecular flexibility index (Phi) is 15.8. The van der Waals surface area contributed by atoms with Crippen LogP contribution in [0.1, 0.15) is 94.9 Å². The predicted molar refractivity (Wildman–Crippen MR) is 211 cm³/mol. The van der Waals surface area contributed by atoms with Gasteiger partial charge in [0, 0.05) is 43.9 Å². The Morgan fingerprint density at radius 2 is 1.68 bits per heavy atom. The molecular weight excluding hydrogens is 740 g/mol. The zero-order valence-electron chi connectivity index (χ0n) is 36.5. The summed E-state index contributed by atoms with van der Waals surface area (Å²) in [7, 11) is 5.28. The van der Waals surface area contributed by atoms with Crippen molar-refractivity contribution < 1.29 is 58.7 Å². The van der Waals surface area contributed by atoms with Crippen molar-refractivity contribution in [2.24, 2.45) is 17.8 Å². The molecule has 18 atom stereocenters. The highest BCUT2D eigenvalue weighted by molar-refractivity contribution is 5.73. The predicted octanol–water partition coefficient (Wildman–Crippen LogP) is 1.83. The van der Waals surface area contributed by atoms with Gasteiger partial charge in [-0.25, -0.2) is 4.98 Å². The van der Waals surface area contributed by atoms with Crippen LogP contribution < -0.4 is 5.32 Å². The van der Waals surface area contributed by atoms with E-state index in [2.05, 4.69) is 10.3 Å². The molecule has 1 aromatic rings. The van der Waals surface area contributed by atoms with Gasteiger partial charge >= 0.3 is 5.97 Å². The number of ether oxygens (including phenoxy) is 6. The fourth-order valence-corrected chi connectivity index (χ4v) is 9.38. The minimum absolute atomic E-state index is 0.0531. The van der Waals surface area contributed by atoms with Gasteiger partial charge in [0.05, 0.1) is 48.8 Å². The van der Waals surface area contributed by atoms with Crippen LogP contribution in [-0.2, 0) is 39.8 Å². The van der Waals surface area contributed by atoms with Gasteiger partial charge in [0.2, 0.25) is 0 Å². The summed E-state index contributed by atoms with van der Waals surface area (Å²) in [4.78, 5) is 20.4. The monoisotopic (exact) mass is 815 g/mol. The Morgan fingerprint density at radius 1 is 1.02 bits per heavy atom. The molecule has 0 spiro atoms. The van der Waals surface area contributed by atoms with E-state index in [1.165, 1.54) is 14.0 Å². The summed E-state index contributed by atoms with van der Waals surface area (Å²) >= 11 is 0. The standard InChI is InChI=1S/C41H74N4O12/c1-14-30-40(10,50)34(47)27(6)43-20-23(2)18-38(8,49)35(57-37-32(46)29(44(11)12)17-24(3)53-37)25(4)33(26(5)36(48)55-30)56-31-19-39(9,52-13)41(51,28(7)54-31)21-45-16-15-42-22-45/h15-16,22-35,37,43,46-47,49-51H,14,17-21H2,1-13H3/t23-,24-,25+,26-,27-,28+,29+,30-,31+,32-,33+,34-,35-,37+,38-,39-,40-,41-/m1/s1. The highest BCUT2D eigenvalue weighted by Gasteiger charge is 2.59. The van der Waals surface area contributed by atoms with E-state index in [1.54, 1.807) is 64.8 Å². The lowest BCUT2D eigenvalue weighted by atomic mass is 9.75. The van der Waals surface area contributed by atoms with Crippen molar-refractivity contribution in [2.75, 3.05) is 27.7 Å². The first-order chi connectivity index (χ1) is 26.4. The minimum Gasteiger partial charge on any atom is -0.459 e. The molecule has 0 amide bonds. The number of esters is 1. The van der Waals surface area contributed by atoms with Gasteiger partial charge in [-0.15, -0.1) is 0 Å². The minimum atomic E-state index is -1.82. The fourth-order valence-electron chi connectivity index (χ4n) is 9.38. The van der Waals surface area contributed by atoms with E-state index >= 15 is 0 Å². The van der Waals surface area contributed by atoms with Gasteiger partial charge in [0.25, 0.3) is 0 Å². The van der Waals surface area contributed by atoms with Gasteiger partial charge < -0.3 is 68.7 Å². The number of hydrogen-bond acceptors (Lipinski definition) is 15. The van der Waals surface area contributed by atoms with Crippen LogP contribution in [0.15, 0.2) is 18.7 Å². The number of methoxy groups -OCH3 is 1. The molecule has 0 bridgehead atoms. The number of likely N-dealkylation sites (N-methyl/N-ethyl adjacent to an activating group) is 1. The van der Waals surface area contributed by atoms with Crippen molar-refractivity contribution in [1.29, 1.82) is 0 Å². The Hall–Kier alpha value is -1.80. The maximum atomic E-state index is 14.3. The molecular formula is C41H74N4O12. The second kappa shape index (κ2) is 18.9. The maximum absolute atomic E-state index is 14.3. The molecule has 0 radical (unpaired) electrons. The van der Waals surface area contributed by atoms with Crippen LogP contribution >= 0.6 is 0 Å². The van der Waals surface area contributed by atoms with Crippen molar-refractivity contribution in [3.63, 3.8) is 0 Å². The number of carbonyl (C=O) groups is 1. The van der Waals surface area contributed by atoms with E-state index in [9.17, 15) is 30.3 Å². The molecule has 0 saturated carbocycles. The van der Waals surface area contributed by atoms with E-state index in [0.29, 0.717) is 13.0 Å². The molecule has 57 heavy (non-hydrogen) atoms. The van der Waals surface area contributed by atoms with Crippen molar-refractivity contribution in [3.05, 3.63) is 18.7 Å². The summed E-state index contributed by atoms with van der Waals surface area (Å²) in [6.07, 6.45) is -2.87. The van der Waals surface area contributed by atoms with Crippen molar-refractivity contribution >= 4 is 5.97 Å². The lowest BCUT2D eigenvalue weighted by Crippen LogP contribution is -2.68. The average Bonchev–Trinajstić information content (AvgIpc) is 3.65. The van der Waals surface area contributed by atoms with E-state index in [-0.39, 0.29) is 43.9 Å². The number of nitrogens with zero attached hydrogens (tertiary/aromatic N) is 3. The third-order valence-corrected chi connectivity index (χ3v) is 13.2. The lowest BCUT2D eigenvalue weighted by molar-refractivity contribution is -0.339. The van der Waals surface area contributed by atoms with E-state index in [0.717, 1.165) is 0 Å². The first-order valence-electron chi connectivity index (χ1n) is 20.7. The molecule has 3 fully saturated rings. The highest BCUT2D eigenvalue weighted by Crippen LogP contribution is 2.44. The average molecular weight is 815 g/mol. The van der Waals surface area contributed by atoms with Crippen LogP contribution in [-0.4, -0.2) is 163 Å². The summed E-state index contributed by atoms with van der Waals surface area (Å²) < 4.78 is 40.1. The quantitative estimate of drug-likeness (QED) is 0.197. The van der Waals surface area contributed by atoms with E-state index in [1.807, 2.05) is 39.8 Å². The third-order valence-electron chi connectivity index (χ3n) is 13.2. The van der Waals surface area contributed by atoms with Gasteiger partial charge in [-0.3, -0.25) is 4.79 Å². The Labute approximate surface area is 339 Å². The first-order valence-corrected chi connectivity index (χ1v) is 20.7. The molecule has 0 aliphatic carbocycles. The molecule has 3 aliphatic heterocycles. The first kappa shape index (κ1) is 47.9. The largest absolute Gasteiger partial charge is 0.459 e. The smallest absolute Gasteiger partial charge is 0.311 e. The Bertz CT molecular complexity index is 1420. The molecule has 1 aromatic heterocycles. The number of aliphatic hydroxyl groups is 5. The Balaban J connectivity index is 1.80. The summed E-state index contributed by atoms with van der Waals surface area (Å²) in [6, 6.07) is -0.894. The number of nitrogens with one attached hydrogen (secondary N) is 1. The number of imidazole rings is 1. The Morgan fingerprint density at radius 3 is 2.26 bits per heavy atom. The molecule has 16 nitrogen and oxygen atoms in total. The van der Waals surface area contributed by atoms with Crippen molar-refractivity contribution in [2.45, 2.75) is 191 Å². The van der Waals surface area contributed by atoms with Gasteiger partial charge in [-0.2, -0.15) is 0 Å². The number of carbonyl (C=O) groups excluding carboxylic acids is 1. The highest BCUT2D eigenvalue weighted by atomic mass is 16.7. The topological polar surface area (TPSA) is 207 Å².